The summed E-state index contributed by atoms with van der Waals surface area (Å²) >= 11 is 3.51. The second-order valence-electron chi connectivity index (χ2n) is 4.98. The molecule has 0 spiro atoms. The third-order valence-electron chi connectivity index (χ3n) is 3.82. The van der Waals surface area contributed by atoms with Crippen molar-refractivity contribution in [1.29, 1.82) is 0 Å². The Balaban J connectivity index is 1.80. The molecule has 0 radical (unpaired) electrons. The first-order valence-corrected chi connectivity index (χ1v) is 7.86. The molecule has 3 rings (SSSR count). The molecular weight excluding hydrogens is 304 g/mol. The van der Waals surface area contributed by atoms with Gasteiger partial charge < -0.3 is 9.47 Å². The van der Waals surface area contributed by atoms with Gasteiger partial charge >= 0.3 is 0 Å². The van der Waals surface area contributed by atoms with Crippen LogP contribution in [0.5, 0.6) is 0 Å². The van der Waals surface area contributed by atoms with Crippen LogP contribution < -0.4 is 4.90 Å². The van der Waals surface area contributed by atoms with Crippen molar-refractivity contribution in [1.82, 2.24) is 14.5 Å². The van der Waals surface area contributed by atoms with Gasteiger partial charge in [0.2, 0.25) is 5.95 Å². The van der Waals surface area contributed by atoms with Crippen molar-refractivity contribution in [3.05, 3.63) is 24.3 Å². The van der Waals surface area contributed by atoms with E-state index in [1.165, 1.54) is 5.52 Å². The third kappa shape index (κ3) is 2.49. The Morgan fingerprint density at radius 1 is 1.16 bits per heavy atom. The van der Waals surface area contributed by atoms with E-state index in [0.29, 0.717) is 0 Å². The smallest absolute Gasteiger partial charge is 0.206 e. The molecule has 1 aromatic carbocycles. The predicted molar refractivity (Wildman–Crippen MR) is 83.2 cm³/mol. The van der Waals surface area contributed by atoms with E-state index in [9.17, 15) is 0 Å². The fourth-order valence-corrected chi connectivity index (χ4v) is 3.21. The van der Waals surface area contributed by atoms with Gasteiger partial charge in [-0.1, -0.05) is 28.1 Å². The Morgan fingerprint density at radius 3 is 2.58 bits per heavy atom. The zero-order chi connectivity index (χ0) is 13.2. The first-order valence-electron chi connectivity index (χ1n) is 6.74. The maximum Gasteiger partial charge on any atom is 0.206 e. The largest absolute Gasteiger partial charge is 0.340 e. The molecule has 4 nitrogen and oxygen atoms in total. The van der Waals surface area contributed by atoms with E-state index in [4.69, 9.17) is 4.98 Å². The Labute approximate surface area is 122 Å². The quantitative estimate of drug-likeness (QED) is 0.809. The number of aromatic nitrogens is 2. The monoisotopic (exact) mass is 322 g/mol. The standard InChI is InChI=1S/C14H19BrN4/c1-17-13-5-3-2-4-12(13)16-14(17)19-10-8-18(7-6-15)9-11-19/h2-5H,6-11H2,1H3. The summed E-state index contributed by atoms with van der Waals surface area (Å²) in [6.45, 7) is 5.49. The molecule has 1 aliphatic rings. The molecule has 19 heavy (non-hydrogen) atoms. The number of hydrogen-bond donors (Lipinski definition) is 0. The lowest BCUT2D eigenvalue weighted by molar-refractivity contribution is 0.272. The number of fused-ring (bicyclic) bond motifs is 1. The molecule has 102 valence electrons. The van der Waals surface area contributed by atoms with E-state index < -0.39 is 0 Å². The van der Waals surface area contributed by atoms with Gasteiger partial charge in [0.05, 0.1) is 11.0 Å². The summed E-state index contributed by atoms with van der Waals surface area (Å²) in [4.78, 5) is 9.66. The number of anilines is 1. The normalized spacial score (nSPS) is 17.3. The maximum atomic E-state index is 4.77. The molecule has 1 aromatic heterocycles. The number of rotatable bonds is 3. The van der Waals surface area contributed by atoms with Crippen LogP contribution in [0, 0.1) is 0 Å². The molecule has 0 bridgehead atoms. The van der Waals surface area contributed by atoms with Crippen molar-refractivity contribution in [3.8, 4) is 0 Å². The third-order valence-corrected chi connectivity index (χ3v) is 4.17. The molecule has 1 fully saturated rings. The molecule has 5 heteroatoms. The Kier molecular flexibility index (Phi) is 3.75. The first kappa shape index (κ1) is 12.9. The molecular formula is C14H19BrN4. The number of benzene rings is 1. The van der Waals surface area contributed by atoms with Crippen LogP contribution in [0.4, 0.5) is 5.95 Å². The zero-order valence-corrected chi connectivity index (χ0v) is 12.8. The van der Waals surface area contributed by atoms with E-state index in [-0.39, 0.29) is 0 Å². The number of imidazole rings is 1. The molecule has 0 amide bonds. The number of halogens is 1. The molecule has 0 N–H and O–H groups in total. The van der Waals surface area contributed by atoms with Gasteiger partial charge in [0.1, 0.15) is 0 Å². The molecule has 0 aliphatic carbocycles. The van der Waals surface area contributed by atoms with Gasteiger partial charge in [0.25, 0.3) is 0 Å². The SMILES string of the molecule is Cn1c(N2CCN(CCBr)CC2)nc2ccccc21. The number of para-hydroxylation sites is 2. The fraction of sp³-hybridized carbons (Fsp3) is 0.500. The molecule has 1 aliphatic heterocycles. The minimum Gasteiger partial charge on any atom is -0.340 e. The lowest BCUT2D eigenvalue weighted by atomic mass is 10.3. The highest BCUT2D eigenvalue weighted by Crippen LogP contribution is 2.21. The molecule has 0 saturated carbocycles. The Hall–Kier alpha value is -1.07. The summed E-state index contributed by atoms with van der Waals surface area (Å²) in [7, 11) is 2.11. The van der Waals surface area contributed by atoms with Crippen LogP contribution in [0.15, 0.2) is 24.3 Å². The number of piperazine rings is 1. The highest BCUT2D eigenvalue weighted by molar-refractivity contribution is 9.09. The second kappa shape index (κ2) is 5.51. The van der Waals surface area contributed by atoms with Gasteiger partial charge in [0, 0.05) is 45.1 Å². The van der Waals surface area contributed by atoms with E-state index in [1.54, 1.807) is 0 Å². The fourth-order valence-electron chi connectivity index (χ4n) is 2.71. The van der Waals surface area contributed by atoms with E-state index in [0.717, 1.165) is 49.5 Å². The van der Waals surface area contributed by atoms with Crippen molar-refractivity contribution in [2.75, 3.05) is 43.0 Å². The maximum absolute atomic E-state index is 4.77. The van der Waals surface area contributed by atoms with Crippen molar-refractivity contribution in [3.63, 3.8) is 0 Å². The molecule has 0 unspecified atom stereocenters. The van der Waals surface area contributed by atoms with Gasteiger partial charge in [-0.15, -0.1) is 0 Å². The lowest BCUT2D eigenvalue weighted by Crippen LogP contribution is -2.47. The van der Waals surface area contributed by atoms with Crippen molar-refractivity contribution >= 4 is 32.9 Å². The van der Waals surface area contributed by atoms with Crippen LogP contribution in [0.3, 0.4) is 0 Å². The minimum absolute atomic E-state index is 1.05. The molecule has 0 atom stereocenters. The highest BCUT2D eigenvalue weighted by Gasteiger charge is 2.20. The summed E-state index contributed by atoms with van der Waals surface area (Å²) in [5.41, 5.74) is 2.29. The van der Waals surface area contributed by atoms with Gasteiger partial charge in [-0.25, -0.2) is 4.98 Å². The van der Waals surface area contributed by atoms with Crippen LogP contribution >= 0.6 is 15.9 Å². The van der Waals surface area contributed by atoms with E-state index >= 15 is 0 Å². The average molecular weight is 323 g/mol. The van der Waals surface area contributed by atoms with E-state index in [1.807, 2.05) is 6.07 Å². The Bertz CT molecular complexity index is 558. The molecule has 1 saturated heterocycles. The number of nitrogens with zero attached hydrogens (tertiary/aromatic N) is 4. The van der Waals surface area contributed by atoms with Gasteiger partial charge in [0.15, 0.2) is 0 Å². The summed E-state index contributed by atoms with van der Waals surface area (Å²) in [5.74, 6) is 1.10. The summed E-state index contributed by atoms with van der Waals surface area (Å²) in [6, 6.07) is 8.33. The van der Waals surface area contributed by atoms with Crippen molar-refractivity contribution < 1.29 is 0 Å². The van der Waals surface area contributed by atoms with Crippen LogP contribution in [-0.4, -0.2) is 52.5 Å². The van der Waals surface area contributed by atoms with E-state index in [2.05, 4.69) is 55.5 Å². The average Bonchev–Trinajstić information content (AvgIpc) is 2.78. The summed E-state index contributed by atoms with van der Waals surface area (Å²) < 4.78 is 2.20. The van der Waals surface area contributed by atoms with Gasteiger partial charge in [-0.3, -0.25) is 4.90 Å². The van der Waals surface area contributed by atoms with Gasteiger partial charge in [-0.05, 0) is 12.1 Å². The topological polar surface area (TPSA) is 24.3 Å². The predicted octanol–water partition coefficient (Wildman–Crippen LogP) is 2.09. The minimum atomic E-state index is 1.05. The number of hydrogen-bond acceptors (Lipinski definition) is 3. The number of alkyl halides is 1. The van der Waals surface area contributed by atoms with Gasteiger partial charge in [-0.2, -0.15) is 0 Å². The highest BCUT2D eigenvalue weighted by atomic mass is 79.9. The van der Waals surface area contributed by atoms with Crippen LogP contribution in [0.2, 0.25) is 0 Å². The van der Waals surface area contributed by atoms with Crippen LogP contribution in [0.25, 0.3) is 11.0 Å². The summed E-state index contributed by atoms with van der Waals surface area (Å²) in [5, 5.41) is 1.05. The van der Waals surface area contributed by atoms with Crippen LogP contribution in [-0.2, 0) is 7.05 Å². The summed E-state index contributed by atoms with van der Waals surface area (Å²) in [6.07, 6.45) is 0. The zero-order valence-electron chi connectivity index (χ0n) is 11.2. The first-order chi connectivity index (χ1) is 9.29. The van der Waals surface area contributed by atoms with Crippen molar-refractivity contribution in [2.45, 2.75) is 0 Å². The van der Waals surface area contributed by atoms with Crippen molar-refractivity contribution in [2.24, 2.45) is 7.05 Å². The number of aryl methyl sites for hydroxylation is 1. The second-order valence-corrected chi connectivity index (χ2v) is 5.77. The Morgan fingerprint density at radius 2 is 1.89 bits per heavy atom. The molecule has 2 aromatic rings. The van der Waals surface area contributed by atoms with Crippen LogP contribution in [0.1, 0.15) is 0 Å². The molecule has 2 heterocycles. The lowest BCUT2D eigenvalue weighted by Gasteiger charge is -2.34.